The molecule has 0 spiro atoms. The van der Waals surface area contributed by atoms with Crippen molar-refractivity contribution < 1.29 is 9.53 Å². The van der Waals surface area contributed by atoms with Gasteiger partial charge >= 0.3 is 5.97 Å². The highest BCUT2D eigenvalue weighted by Gasteiger charge is 2.17. The molecule has 1 aromatic heterocycles. The van der Waals surface area contributed by atoms with Crippen LogP contribution in [0, 0.1) is 0 Å². The lowest BCUT2D eigenvalue weighted by atomic mass is 10.4. The number of nitrogens with one attached hydrogen (secondary N) is 1. The largest absolute Gasteiger partial charge is 0.465 e. The first-order valence-corrected chi connectivity index (χ1v) is 7.61. The summed E-state index contributed by atoms with van der Waals surface area (Å²) in [6.45, 7) is 4.38. The topological polar surface area (TPSA) is 54.5 Å². The van der Waals surface area contributed by atoms with Gasteiger partial charge in [0.25, 0.3) is 0 Å². The fourth-order valence-corrected chi connectivity index (χ4v) is 3.23. The van der Waals surface area contributed by atoms with Crippen LogP contribution < -0.4 is 5.32 Å². The average Bonchev–Trinajstić information content (AvgIpc) is 3.03. The van der Waals surface area contributed by atoms with Crippen molar-refractivity contribution in [2.45, 2.75) is 19.3 Å². The fraction of sp³-hybridized carbons (Fsp3) is 0.667. The second-order valence-electron chi connectivity index (χ2n) is 4.46. The van der Waals surface area contributed by atoms with E-state index in [2.05, 4.69) is 19.9 Å². The van der Waals surface area contributed by atoms with Crippen LogP contribution in [0.25, 0.3) is 0 Å². The van der Waals surface area contributed by atoms with E-state index in [0.29, 0.717) is 10.0 Å². The van der Waals surface area contributed by atoms with Gasteiger partial charge in [-0.15, -0.1) is 0 Å². The number of carbonyl (C=O) groups is 1. The Morgan fingerprint density at radius 1 is 1.53 bits per heavy atom. The van der Waals surface area contributed by atoms with E-state index in [-0.39, 0.29) is 5.15 Å². The lowest BCUT2D eigenvalue weighted by Gasteiger charge is -2.13. The van der Waals surface area contributed by atoms with Crippen molar-refractivity contribution >= 4 is 34.0 Å². The molecular formula is C12H18ClN3O2S. The van der Waals surface area contributed by atoms with Gasteiger partial charge in [0, 0.05) is 6.54 Å². The molecule has 1 aliphatic heterocycles. The number of carbonyl (C=O) groups excluding carboxylic acids is 1. The number of hydrogen-bond acceptors (Lipinski definition) is 6. The summed E-state index contributed by atoms with van der Waals surface area (Å²) in [5, 5.41) is 4.08. The van der Waals surface area contributed by atoms with Gasteiger partial charge in [0.2, 0.25) is 0 Å². The zero-order chi connectivity index (χ0) is 13.7. The number of likely N-dealkylation sites (tertiary alicyclic amines) is 1. The smallest absolute Gasteiger partial charge is 0.351 e. The first kappa shape index (κ1) is 14.6. The molecule has 1 aromatic rings. The lowest BCUT2D eigenvalue weighted by molar-refractivity contribution is 0.0606. The van der Waals surface area contributed by atoms with E-state index >= 15 is 0 Å². The average molecular weight is 304 g/mol. The Labute approximate surface area is 121 Å². The summed E-state index contributed by atoms with van der Waals surface area (Å²) >= 11 is 7.12. The van der Waals surface area contributed by atoms with E-state index < -0.39 is 5.97 Å². The van der Waals surface area contributed by atoms with Crippen LogP contribution in [0.15, 0.2) is 0 Å². The Kier molecular flexibility index (Phi) is 5.42. The number of hydrogen-bond donors (Lipinski definition) is 1. The van der Waals surface area contributed by atoms with Crippen LogP contribution in [0.5, 0.6) is 0 Å². The van der Waals surface area contributed by atoms with Crippen LogP contribution >= 0.6 is 22.9 Å². The van der Waals surface area contributed by atoms with Gasteiger partial charge in [-0.2, -0.15) is 0 Å². The van der Waals surface area contributed by atoms with Gasteiger partial charge in [-0.1, -0.05) is 22.9 Å². The fourth-order valence-electron chi connectivity index (χ4n) is 2.10. The van der Waals surface area contributed by atoms with Gasteiger partial charge in [-0.3, -0.25) is 0 Å². The molecular weight excluding hydrogens is 286 g/mol. The number of nitrogens with zero attached hydrogens (tertiary/aromatic N) is 2. The summed E-state index contributed by atoms with van der Waals surface area (Å²) in [6, 6.07) is 0. The van der Waals surface area contributed by atoms with Crippen molar-refractivity contribution in [3.05, 3.63) is 10.0 Å². The van der Waals surface area contributed by atoms with Crippen molar-refractivity contribution in [2.75, 3.05) is 38.6 Å². The van der Waals surface area contributed by atoms with Gasteiger partial charge < -0.3 is 15.0 Å². The predicted molar refractivity (Wildman–Crippen MR) is 77.2 cm³/mol. The molecule has 0 amide bonds. The molecule has 1 fully saturated rings. The summed E-state index contributed by atoms with van der Waals surface area (Å²) in [6.07, 6.45) is 3.70. The first-order chi connectivity index (χ1) is 9.20. The van der Waals surface area contributed by atoms with Crippen molar-refractivity contribution in [1.82, 2.24) is 9.88 Å². The zero-order valence-corrected chi connectivity index (χ0v) is 12.5. The number of rotatable bonds is 6. The molecule has 1 aliphatic rings. The number of esters is 1. The monoisotopic (exact) mass is 303 g/mol. The number of anilines is 1. The molecule has 2 heterocycles. The number of thiazole rings is 1. The third kappa shape index (κ3) is 4.06. The van der Waals surface area contributed by atoms with Gasteiger partial charge in [0.1, 0.15) is 0 Å². The SMILES string of the molecule is COC(=O)c1sc(NCCCN2CCCC2)nc1Cl. The molecule has 0 aromatic carbocycles. The summed E-state index contributed by atoms with van der Waals surface area (Å²) in [7, 11) is 1.33. The minimum absolute atomic E-state index is 0.207. The second kappa shape index (κ2) is 7.07. The maximum atomic E-state index is 11.4. The lowest BCUT2D eigenvalue weighted by Crippen LogP contribution is -2.22. The summed E-state index contributed by atoms with van der Waals surface area (Å²) < 4.78 is 4.64. The van der Waals surface area contributed by atoms with Crippen molar-refractivity contribution in [2.24, 2.45) is 0 Å². The Balaban J connectivity index is 1.75. The number of halogens is 1. The van der Waals surface area contributed by atoms with E-state index in [4.69, 9.17) is 11.6 Å². The van der Waals surface area contributed by atoms with Gasteiger partial charge in [-0.05, 0) is 38.9 Å². The third-order valence-corrected chi connectivity index (χ3v) is 4.46. The van der Waals surface area contributed by atoms with Crippen LogP contribution in [-0.2, 0) is 4.74 Å². The predicted octanol–water partition coefficient (Wildman–Crippen LogP) is 2.48. The first-order valence-electron chi connectivity index (χ1n) is 6.41. The second-order valence-corrected chi connectivity index (χ2v) is 5.82. The van der Waals surface area contributed by atoms with Crippen molar-refractivity contribution in [3.8, 4) is 0 Å². The molecule has 7 heteroatoms. The Bertz CT molecular complexity index is 433. The molecule has 1 N–H and O–H groups in total. The molecule has 2 rings (SSSR count). The number of methoxy groups -OCH3 is 1. The molecule has 0 unspecified atom stereocenters. The van der Waals surface area contributed by atoms with E-state index in [0.717, 1.165) is 19.5 Å². The number of ether oxygens (including phenoxy) is 1. The molecule has 0 aliphatic carbocycles. The standard InChI is InChI=1S/C12H18ClN3O2S/c1-18-11(17)9-10(13)15-12(19-9)14-5-4-8-16-6-2-3-7-16/h2-8H2,1H3,(H,14,15). The molecule has 106 valence electrons. The van der Waals surface area contributed by atoms with Crippen molar-refractivity contribution in [1.29, 1.82) is 0 Å². The summed E-state index contributed by atoms with van der Waals surface area (Å²) in [4.78, 5) is 18.3. The van der Waals surface area contributed by atoms with Gasteiger partial charge in [0.05, 0.1) is 7.11 Å². The molecule has 0 saturated carbocycles. The molecule has 19 heavy (non-hydrogen) atoms. The van der Waals surface area contributed by atoms with Gasteiger partial charge in [0.15, 0.2) is 15.2 Å². The molecule has 1 saturated heterocycles. The van der Waals surface area contributed by atoms with Crippen molar-refractivity contribution in [3.63, 3.8) is 0 Å². The summed E-state index contributed by atoms with van der Waals surface area (Å²) in [5.41, 5.74) is 0. The molecule has 5 nitrogen and oxygen atoms in total. The molecule has 0 bridgehead atoms. The maximum Gasteiger partial charge on any atom is 0.351 e. The highest BCUT2D eigenvalue weighted by molar-refractivity contribution is 7.18. The summed E-state index contributed by atoms with van der Waals surface area (Å²) in [5.74, 6) is -0.437. The van der Waals surface area contributed by atoms with Crippen LogP contribution in [-0.4, -0.2) is 49.1 Å². The molecule has 0 atom stereocenters. The normalized spacial score (nSPS) is 15.7. The maximum absolute atomic E-state index is 11.4. The van der Waals surface area contributed by atoms with E-state index in [9.17, 15) is 4.79 Å². The van der Waals surface area contributed by atoms with E-state index in [1.165, 1.54) is 44.4 Å². The zero-order valence-electron chi connectivity index (χ0n) is 10.9. The van der Waals surface area contributed by atoms with Crippen LogP contribution in [0.2, 0.25) is 5.15 Å². The van der Waals surface area contributed by atoms with E-state index in [1.54, 1.807) is 0 Å². The van der Waals surface area contributed by atoms with Crippen LogP contribution in [0.4, 0.5) is 5.13 Å². The van der Waals surface area contributed by atoms with Crippen LogP contribution in [0.3, 0.4) is 0 Å². The Morgan fingerprint density at radius 2 is 2.26 bits per heavy atom. The number of aromatic nitrogens is 1. The third-order valence-electron chi connectivity index (χ3n) is 3.08. The Morgan fingerprint density at radius 3 is 2.95 bits per heavy atom. The van der Waals surface area contributed by atoms with E-state index in [1.807, 2.05) is 0 Å². The highest BCUT2D eigenvalue weighted by Crippen LogP contribution is 2.27. The van der Waals surface area contributed by atoms with Gasteiger partial charge in [-0.25, -0.2) is 9.78 Å². The minimum Gasteiger partial charge on any atom is -0.465 e. The quantitative estimate of drug-likeness (QED) is 0.646. The van der Waals surface area contributed by atoms with Crippen LogP contribution in [0.1, 0.15) is 28.9 Å². The highest BCUT2D eigenvalue weighted by atomic mass is 35.5. The minimum atomic E-state index is -0.437. The Hall–Kier alpha value is -0.850. The molecule has 0 radical (unpaired) electrons.